The fraction of sp³-hybridized carbons (Fsp3) is 0.409. The minimum Gasteiger partial charge on any atom is -0.493 e. The number of benzene rings is 1. The summed E-state index contributed by atoms with van der Waals surface area (Å²) in [6.45, 7) is 2.19. The van der Waals surface area contributed by atoms with Crippen molar-refractivity contribution in [2.75, 3.05) is 33.9 Å². The van der Waals surface area contributed by atoms with Crippen molar-refractivity contribution in [2.24, 2.45) is 0 Å². The predicted molar refractivity (Wildman–Crippen MR) is 112 cm³/mol. The number of carbonyl (C=O) groups excluding carboxylic acids is 2. The first-order valence-corrected chi connectivity index (χ1v) is 9.99. The number of piperazine rings is 1. The molecule has 0 saturated carbocycles. The van der Waals surface area contributed by atoms with Gasteiger partial charge >= 0.3 is 0 Å². The van der Waals surface area contributed by atoms with E-state index in [-0.39, 0.29) is 18.2 Å². The van der Waals surface area contributed by atoms with Gasteiger partial charge in [0.25, 0.3) is 0 Å². The standard InChI is InChI=1S/C22H28N4O4/c1-29-19-7-3-6-17(21(19)30-2)15-26-12-11-25-22(28)18(26)13-20(27)24-10-8-16-5-4-9-23-14-16/h3-7,9,14,18H,8,10-13,15H2,1-2H3,(H,24,27)(H,25,28). The zero-order chi connectivity index (χ0) is 21.3. The van der Waals surface area contributed by atoms with Gasteiger partial charge < -0.3 is 20.1 Å². The Bertz CT molecular complexity index is 859. The molecule has 1 aliphatic rings. The van der Waals surface area contributed by atoms with Gasteiger partial charge in [0.1, 0.15) is 0 Å². The number of rotatable bonds is 9. The lowest BCUT2D eigenvalue weighted by atomic mass is 10.1. The van der Waals surface area contributed by atoms with Gasteiger partial charge in [0.2, 0.25) is 11.8 Å². The van der Waals surface area contributed by atoms with Gasteiger partial charge in [-0.05, 0) is 24.1 Å². The van der Waals surface area contributed by atoms with Crippen LogP contribution in [0.3, 0.4) is 0 Å². The highest BCUT2D eigenvalue weighted by Gasteiger charge is 2.32. The average molecular weight is 412 g/mol. The summed E-state index contributed by atoms with van der Waals surface area (Å²) in [5.41, 5.74) is 1.97. The number of amides is 2. The van der Waals surface area contributed by atoms with E-state index >= 15 is 0 Å². The van der Waals surface area contributed by atoms with Gasteiger partial charge in [-0.25, -0.2) is 0 Å². The van der Waals surface area contributed by atoms with E-state index in [9.17, 15) is 9.59 Å². The normalized spacial score (nSPS) is 16.6. The monoisotopic (exact) mass is 412 g/mol. The van der Waals surface area contributed by atoms with Gasteiger partial charge in [0.05, 0.1) is 26.7 Å². The molecule has 3 rings (SSSR count). The molecule has 1 saturated heterocycles. The van der Waals surface area contributed by atoms with Crippen molar-refractivity contribution in [1.29, 1.82) is 0 Å². The number of nitrogens with one attached hydrogen (secondary N) is 2. The average Bonchev–Trinajstić information content (AvgIpc) is 2.76. The van der Waals surface area contributed by atoms with Crippen LogP contribution in [0.15, 0.2) is 42.7 Å². The number of pyridine rings is 1. The van der Waals surface area contributed by atoms with Crippen LogP contribution in [0.4, 0.5) is 0 Å². The largest absolute Gasteiger partial charge is 0.493 e. The van der Waals surface area contributed by atoms with Crippen LogP contribution in [0, 0.1) is 0 Å². The first-order valence-electron chi connectivity index (χ1n) is 9.99. The first-order chi connectivity index (χ1) is 14.6. The van der Waals surface area contributed by atoms with Crippen LogP contribution < -0.4 is 20.1 Å². The Morgan fingerprint density at radius 2 is 2.13 bits per heavy atom. The SMILES string of the molecule is COc1cccc(CN2CCNC(=O)C2CC(=O)NCCc2cccnc2)c1OC. The summed E-state index contributed by atoms with van der Waals surface area (Å²) in [5.74, 6) is 1.00. The molecule has 2 amide bonds. The molecule has 1 aliphatic heterocycles. The highest BCUT2D eigenvalue weighted by molar-refractivity contribution is 5.88. The molecule has 1 unspecified atom stereocenters. The summed E-state index contributed by atoms with van der Waals surface area (Å²) in [5, 5.41) is 5.77. The third-order valence-electron chi connectivity index (χ3n) is 5.14. The Hall–Kier alpha value is -3.13. The lowest BCUT2D eigenvalue weighted by molar-refractivity contribution is -0.134. The number of methoxy groups -OCH3 is 2. The molecule has 0 radical (unpaired) electrons. The molecular formula is C22H28N4O4. The molecule has 8 nitrogen and oxygen atoms in total. The van der Waals surface area contributed by atoms with Crippen molar-refractivity contribution in [2.45, 2.75) is 25.4 Å². The van der Waals surface area contributed by atoms with E-state index < -0.39 is 6.04 Å². The zero-order valence-corrected chi connectivity index (χ0v) is 17.4. The maximum atomic E-state index is 12.5. The summed E-state index contributed by atoms with van der Waals surface area (Å²) >= 11 is 0. The van der Waals surface area contributed by atoms with Crippen LogP contribution in [0.2, 0.25) is 0 Å². The van der Waals surface area contributed by atoms with E-state index in [4.69, 9.17) is 9.47 Å². The zero-order valence-electron chi connectivity index (χ0n) is 17.4. The summed E-state index contributed by atoms with van der Waals surface area (Å²) in [6, 6.07) is 8.97. The molecule has 0 aliphatic carbocycles. The van der Waals surface area contributed by atoms with Gasteiger partial charge in [-0.1, -0.05) is 18.2 Å². The topological polar surface area (TPSA) is 92.8 Å². The fourth-order valence-electron chi connectivity index (χ4n) is 3.61. The van der Waals surface area contributed by atoms with E-state index in [0.29, 0.717) is 44.1 Å². The quantitative estimate of drug-likeness (QED) is 0.642. The molecule has 160 valence electrons. The Labute approximate surface area is 176 Å². The lowest BCUT2D eigenvalue weighted by Crippen LogP contribution is -2.56. The molecule has 2 N–H and O–H groups in total. The first kappa shape index (κ1) is 21.6. The Kier molecular flexibility index (Phi) is 7.62. The van der Waals surface area contributed by atoms with E-state index in [1.165, 1.54) is 0 Å². The van der Waals surface area contributed by atoms with Crippen LogP contribution in [-0.2, 0) is 22.6 Å². The molecule has 30 heavy (non-hydrogen) atoms. The van der Waals surface area contributed by atoms with Gasteiger partial charge in [-0.3, -0.25) is 19.5 Å². The molecule has 2 heterocycles. The number of nitrogens with zero attached hydrogens (tertiary/aromatic N) is 2. The molecule has 1 fully saturated rings. The number of ether oxygens (including phenoxy) is 2. The number of hydrogen-bond donors (Lipinski definition) is 2. The van der Waals surface area contributed by atoms with Crippen LogP contribution >= 0.6 is 0 Å². The van der Waals surface area contributed by atoms with Crippen LogP contribution in [0.1, 0.15) is 17.5 Å². The summed E-state index contributed by atoms with van der Waals surface area (Å²) < 4.78 is 10.9. The van der Waals surface area contributed by atoms with Gasteiger partial charge in [0.15, 0.2) is 11.5 Å². The summed E-state index contributed by atoms with van der Waals surface area (Å²) in [6.07, 6.45) is 4.30. The van der Waals surface area contributed by atoms with E-state index in [2.05, 4.69) is 15.6 Å². The minimum atomic E-state index is -0.534. The molecule has 2 aromatic rings. The highest BCUT2D eigenvalue weighted by Crippen LogP contribution is 2.32. The molecule has 1 aromatic carbocycles. The van der Waals surface area contributed by atoms with Crippen molar-refractivity contribution in [3.8, 4) is 11.5 Å². The second-order valence-electron chi connectivity index (χ2n) is 7.10. The maximum absolute atomic E-state index is 12.5. The number of hydrogen-bond acceptors (Lipinski definition) is 6. The van der Waals surface area contributed by atoms with E-state index in [1.807, 2.05) is 35.2 Å². The number of aromatic nitrogens is 1. The van der Waals surface area contributed by atoms with Crippen molar-refractivity contribution in [3.63, 3.8) is 0 Å². The molecule has 0 spiro atoms. The predicted octanol–water partition coefficient (Wildman–Crippen LogP) is 1.15. The van der Waals surface area contributed by atoms with Crippen molar-refractivity contribution >= 4 is 11.8 Å². The van der Waals surface area contributed by atoms with E-state index in [0.717, 1.165) is 11.1 Å². The lowest BCUT2D eigenvalue weighted by Gasteiger charge is -2.35. The fourth-order valence-corrected chi connectivity index (χ4v) is 3.61. The highest BCUT2D eigenvalue weighted by atomic mass is 16.5. The third kappa shape index (κ3) is 5.48. The Morgan fingerprint density at radius 3 is 2.87 bits per heavy atom. The van der Waals surface area contributed by atoms with Gasteiger partial charge in [-0.2, -0.15) is 0 Å². The molecule has 8 heteroatoms. The van der Waals surface area contributed by atoms with Crippen LogP contribution in [0.5, 0.6) is 11.5 Å². The molecule has 1 atom stereocenters. The molecular weight excluding hydrogens is 384 g/mol. The van der Waals surface area contributed by atoms with Crippen molar-refractivity contribution in [3.05, 3.63) is 53.9 Å². The van der Waals surface area contributed by atoms with Crippen molar-refractivity contribution < 1.29 is 19.1 Å². The second-order valence-corrected chi connectivity index (χ2v) is 7.10. The van der Waals surface area contributed by atoms with Crippen LogP contribution in [0.25, 0.3) is 0 Å². The molecule has 0 bridgehead atoms. The number of carbonyl (C=O) groups is 2. The smallest absolute Gasteiger partial charge is 0.237 e. The minimum absolute atomic E-state index is 0.102. The van der Waals surface area contributed by atoms with Gasteiger partial charge in [0, 0.05) is 44.1 Å². The Morgan fingerprint density at radius 1 is 1.27 bits per heavy atom. The number of para-hydroxylation sites is 1. The van der Waals surface area contributed by atoms with Crippen molar-refractivity contribution in [1.82, 2.24) is 20.5 Å². The second kappa shape index (κ2) is 10.6. The van der Waals surface area contributed by atoms with Crippen LogP contribution in [-0.4, -0.2) is 61.6 Å². The van der Waals surface area contributed by atoms with E-state index in [1.54, 1.807) is 26.6 Å². The Balaban J connectivity index is 1.62. The van der Waals surface area contributed by atoms with Gasteiger partial charge in [-0.15, -0.1) is 0 Å². The summed E-state index contributed by atoms with van der Waals surface area (Å²) in [4.78, 5) is 31.1. The molecule has 1 aromatic heterocycles. The third-order valence-corrected chi connectivity index (χ3v) is 5.14. The maximum Gasteiger partial charge on any atom is 0.237 e. The summed E-state index contributed by atoms with van der Waals surface area (Å²) in [7, 11) is 3.19.